The minimum absolute atomic E-state index is 0.319. The molecule has 2 atom stereocenters. The maximum Gasteiger partial charge on any atom is 0.171 e. The lowest BCUT2D eigenvalue weighted by atomic mass is 10.2. The van der Waals surface area contributed by atoms with Gasteiger partial charge in [0.1, 0.15) is 0 Å². The van der Waals surface area contributed by atoms with Crippen LogP contribution >= 0.6 is 23.2 Å². The van der Waals surface area contributed by atoms with Crippen LogP contribution in [0.4, 0.5) is 0 Å². The molecular weight excluding hydrogens is 223 g/mol. The standard InChI is InChI=1S/C10H20Cl2O2/c1-9(2,3)13-7(11)8(12)14-10(4,5)6/h7-8H,1-6H3/t7-,8+. The molecule has 0 aliphatic heterocycles. The lowest BCUT2D eigenvalue weighted by Gasteiger charge is -2.30. The Morgan fingerprint density at radius 3 is 1.07 bits per heavy atom. The van der Waals surface area contributed by atoms with E-state index < -0.39 is 11.1 Å². The fraction of sp³-hybridized carbons (Fsp3) is 1.00. The zero-order valence-electron chi connectivity index (χ0n) is 9.73. The van der Waals surface area contributed by atoms with E-state index in [1.807, 2.05) is 41.5 Å². The summed E-state index contributed by atoms with van der Waals surface area (Å²) in [6, 6.07) is 0. The first kappa shape index (κ1) is 14.5. The summed E-state index contributed by atoms with van der Waals surface area (Å²) in [5.74, 6) is 0. The molecule has 0 radical (unpaired) electrons. The van der Waals surface area contributed by atoms with Gasteiger partial charge in [0.25, 0.3) is 0 Å². The molecule has 2 nitrogen and oxygen atoms in total. The molecule has 0 fully saturated rings. The third-order valence-corrected chi connectivity index (χ3v) is 1.90. The number of rotatable bonds is 3. The second-order valence-electron chi connectivity index (χ2n) is 5.16. The molecule has 0 aliphatic carbocycles. The van der Waals surface area contributed by atoms with Crippen LogP contribution in [0.1, 0.15) is 41.5 Å². The molecule has 0 heterocycles. The Morgan fingerprint density at radius 2 is 0.929 bits per heavy atom. The molecule has 0 aromatic carbocycles. The molecule has 0 spiro atoms. The molecule has 0 aromatic rings. The van der Waals surface area contributed by atoms with Crippen molar-refractivity contribution in [3.8, 4) is 0 Å². The Labute approximate surface area is 96.9 Å². The van der Waals surface area contributed by atoms with E-state index in [-0.39, 0.29) is 11.2 Å². The van der Waals surface area contributed by atoms with Crippen LogP contribution < -0.4 is 0 Å². The summed E-state index contributed by atoms with van der Waals surface area (Å²) in [7, 11) is 0. The van der Waals surface area contributed by atoms with Crippen molar-refractivity contribution in [1.29, 1.82) is 0 Å². The summed E-state index contributed by atoms with van der Waals surface area (Å²) in [5.41, 5.74) is -1.92. The Balaban J connectivity index is 4.07. The summed E-state index contributed by atoms with van der Waals surface area (Å²) in [6.45, 7) is 11.5. The largest absolute Gasteiger partial charge is 0.353 e. The van der Waals surface area contributed by atoms with E-state index in [9.17, 15) is 0 Å². The fourth-order valence-corrected chi connectivity index (χ4v) is 1.42. The van der Waals surface area contributed by atoms with Gasteiger partial charge in [0.2, 0.25) is 0 Å². The van der Waals surface area contributed by atoms with Gasteiger partial charge in [-0.1, -0.05) is 23.2 Å². The lowest BCUT2D eigenvalue weighted by molar-refractivity contribution is -0.105. The molecule has 86 valence electrons. The average molecular weight is 243 g/mol. The molecule has 0 rings (SSSR count). The maximum absolute atomic E-state index is 5.94. The highest BCUT2D eigenvalue weighted by molar-refractivity contribution is 6.28. The van der Waals surface area contributed by atoms with E-state index in [4.69, 9.17) is 32.7 Å². The van der Waals surface area contributed by atoms with Crippen molar-refractivity contribution in [2.75, 3.05) is 0 Å². The van der Waals surface area contributed by atoms with Gasteiger partial charge in [0, 0.05) is 0 Å². The molecule has 4 heteroatoms. The monoisotopic (exact) mass is 242 g/mol. The van der Waals surface area contributed by atoms with Gasteiger partial charge in [-0.05, 0) is 41.5 Å². The molecule has 0 unspecified atom stereocenters. The molecule has 0 bridgehead atoms. The van der Waals surface area contributed by atoms with Crippen molar-refractivity contribution >= 4 is 23.2 Å². The second kappa shape index (κ2) is 5.02. The first-order chi connectivity index (χ1) is 6.01. The van der Waals surface area contributed by atoms with Gasteiger partial charge >= 0.3 is 0 Å². The number of alkyl halides is 2. The third kappa shape index (κ3) is 7.86. The minimum Gasteiger partial charge on any atom is -0.353 e. The molecule has 14 heavy (non-hydrogen) atoms. The number of hydrogen-bond acceptors (Lipinski definition) is 2. The summed E-state index contributed by atoms with van der Waals surface area (Å²) >= 11 is 11.9. The van der Waals surface area contributed by atoms with Crippen molar-refractivity contribution in [3.05, 3.63) is 0 Å². The predicted octanol–water partition coefficient (Wildman–Crippen LogP) is 3.75. The van der Waals surface area contributed by atoms with Crippen LogP contribution in [0.15, 0.2) is 0 Å². The highest BCUT2D eigenvalue weighted by Crippen LogP contribution is 2.23. The quantitative estimate of drug-likeness (QED) is 0.703. The van der Waals surface area contributed by atoms with Crippen molar-refractivity contribution in [3.63, 3.8) is 0 Å². The van der Waals surface area contributed by atoms with Crippen LogP contribution in [-0.2, 0) is 9.47 Å². The lowest BCUT2D eigenvalue weighted by Crippen LogP contribution is -2.35. The topological polar surface area (TPSA) is 18.5 Å². The van der Waals surface area contributed by atoms with Crippen molar-refractivity contribution in [2.24, 2.45) is 0 Å². The number of hydrogen-bond donors (Lipinski definition) is 0. The van der Waals surface area contributed by atoms with E-state index >= 15 is 0 Å². The Kier molecular flexibility index (Phi) is 5.20. The van der Waals surface area contributed by atoms with Gasteiger partial charge in [0.15, 0.2) is 11.1 Å². The Morgan fingerprint density at radius 1 is 0.714 bits per heavy atom. The van der Waals surface area contributed by atoms with Crippen LogP contribution in [0.25, 0.3) is 0 Å². The molecule has 0 aliphatic rings. The third-order valence-electron chi connectivity index (χ3n) is 1.14. The van der Waals surface area contributed by atoms with Crippen molar-refractivity contribution < 1.29 is 9.47 Å². The molecule has 0 amide bonds. The SMILES string of the molecule is CC(C)(C)O[C@@H](Cl)[C@@H](Cl)OC(C)(C)C. The van der Waals surface area contributed by atoms with E-state index in [0.717, 1.165) is 0 Å². The van der Waals surface area contributed by atoms with Crippen LogP contribution in [0.3, 0.4) is 0 Å². The Hall–Kier alpha value is 0.500. The fourth-order valence-electron chi connectivity index (χ4n) is 0.782. The van der Waals surface area contributed by atoms with Gasteiger partial charge < -0.3 is 9.47 Å². The first-order valence-electron chi connectivity index (χ1n) is 4.65. The smallest absolute Gasteiger partial charge is 0.171 e. The molecule has 0 saturated carbocycles. The molecule has 0 saturated heterocycles. The maximum atomic E-state index is 5.94. The van der Waals surface area contributed by atoms with Crippen LogP contribution in [0.5, 0.6) is 0 Å². The number of ether oxygens (including phenoxy) is 2. The Bertz CT molecular complexity index is 150. The van der Waals surface area contributed by atoms with Gasteiger partial charge in [-0.2, -0.15) is 0 Å². The van der Waals surface area contributed by atoms with Crippen LogP contribution in [0.2, 0.25) is 0 Å². The van der Waals surface area contributed by atoms with E-state index in [0.29, 0.717) is 0 Å². The van der Waals surface area contributed by atoms with Gasteiger partial charge in [-0.15, -0.1) is 0 Å². The van der Waals surface area contributed by atoms with Crippen LogP contribution in [0, 0.1) is 0 Å². The summed E-state index contributed by atoms with van der Waals surface area (Å²) in [5, 5.41) is 0. The van der Waals surface area contributed by atoms with Gasteiger partial charge in [-0.25, -0.2) is 0 Å². The zero-order chi connectivity index (χ0) is 11.6. The highest BCUT2D eigenvalue weighted by Gasteiger charge is 2.27. The normalized spacial score (nSPS) is 18.0. The van der Waals surface area contributed by atoms with Crippen molar-refractivity contribution in [2.45, 2.75) is 63.9 Å². The van der Waals surface area contributed by atoms with E-state index in [2.05, 4.69) is 0 Å². The van der Waals surface area contributed by atoms with Gasteiger partial charge in [0.05, 0.1) is 11.2 Å². The second-order valence-corrected chi connectivity index (χ2v) is 6.02. The van der Waals surface area contributed by atoms with Gasteiger partial charge in [-0.3, -0.25) is 0 Å². The molecular formula is C10H20Cl2O2. The minimum atomic E-state index is -0.643. The van der Waals surface area contributed by atoms with Crippen LogP contribution in [-0.4, -0.2) is 22.3 Å². The molecule has 0 aromatic heterocycles. The zero-order valence-corrected chi connectivity index (χ0v) is 11.2. The average Bonchev–Trinajstić information content (AvgIpc) is 1.78. The summed E-state index contributed by atoms with van der Waals surface area (Å²) in [4.78, 5) is 0. The summed E-state index contributed by atoms with van der Waals surface area (Å²) in [6.07, 6.45) is 0. The first-order valence-corrected chi connectivity index (χ1v) is 5.52. The number of halogens is 2. The predicted molar refractivity (Wildman–Crippen MR) is 61.0 cm³/mol. The molecule has 0 N–H and O–H groups in total. The van der Waals surface area contributed by atoms with E-state index in [1.54, 1.807) is 0 Å². The van der Waals surface area contributed by atoms with E-state index in [1.165, 1.54) is 0 Å². The highest BCUT2D eigenvalue weighted by atomic mass is 35.5. The van der Waals surface area contributed by atoms with Crippen molar-refractivity contribution in [1.82, 2.24) is 0 Å². The summed E-state index contributed by atoms with van der Waals surface area (Å²) < 4.78 is 10.9.